The molecule has 22 heavy (non-hydrogen) atoms. The standard InChI is InChI=1S/C16H15F3N2O/c17-16(18,19)14-8-13(22)11-3-1-2-10-9-4-6-20-7-5-12(9)21(14)15(10)11/h1-3,14,20H,4-8H2. The number of alkyl halides is 3. The number of nitrogens with zero attached hydrogens (tertiary/aromatic N) is 1. The maximum atomic E-state index is 13.5. The first-order valence-corrected chi connectivity index (χ1v) is 7.44. The largest absolute Gasteiger partial charge is 0.409 e. The predicted molar refractivity (Wildman–Crippen MR) is 76.3 cm³/mol. The average molecular weight is 308 g/mol. The second-order valence-corrected chi connectivity index (χ2v) is 5.93. The molecule has 0 saturated carbocycles. The van der Waals surface area contributed by atoms with Gasteiger partial charge in [0.15, 0.2) is 5.78 Å². The van der Waals surface area contributed by atoms with Crippen LogP contribution in [-0.4, -0.2) is 29.6 Å². The molecule has 116 valence electrons. The van der Waals surface area contributed by atoms with Crippen LogP contribution in [-0.2, 0) is 12.8 Å². The number of carbonyl (C=O) groups excluding carboxylic acids is 1. The van der Waals surface area contributed by atoms with Gasteiger partial charge in [-0.15, -0.1) is 0 Å². The molecule has 0 saturated heterocycles. The Bertz CT molecular complexity index is 776. The fourth-order valence-corrected chi connectivity index (χ4v) is 3.79. The van der Waals surface area contributed by atoms with E-state index in [1.54, 1.807) is 12.1 Å². The molecule has 0 aliphatic carbocycles. The molecular formula is C16H15F3N2O. The maximum Gasteiger partial charge on any atom is 0.409 e. The molecule has 2 aromatic rings. The van der Waals surface area contributed by atoms with Crippen molar-refractivity contribution in [1.29, 1.82) is 0 Å². The molecule has 4 rings (SSSR count). The molecular weight excluding hydrogens is 293 g/mol. The van der Waals surface area contributed by atoms with Crippen molar-refractivity contribution in [3.63, 3.8) is 0 Å². The Morgan fingerprint density at radius 2 is 1.95 bits per heavy atom. The summed E-state index contributed by atoms with van der Waals surface area (Å²) in [7, 11) is 0. The zero-order valence-electron chi connectivity index (χ0n) is 11.8. The molecule has 0 amide bonds. The van der Waals surface area contributed by atoms with E-state index < -0.39 is 24.4 Å². The van der Waals surface area contributed by atoms with E-state index in [0.717, 1.165) is 23.2 Å². The van der Waals surface area contributed by atoms with Crippen LogP contribution in [0.2, 0.25) is 0 Å². The summed E-state index contributed by atoms with van der Waals surface area (Å²) in [4.78, 5) is 12.2. The normalized spacial score (nSPS) is 21.8. The fraction of sp³-hybridized carbons (Fsp3) is 0.438. The van der Waals surface area contributed by atoms with Crippen molar-refractivity contribution in [2.24, 2.45) is 0 Å². The molecule has 1 N–H and O–H groups in total. The monoisotopic (exact) mass is 308 g/mol. The van der Waals surface area contributed by atoms with Gasteiger partial charge in [0.25, 0.3) is 0 Å². The van der Waals surface area contributed by atoms with E-state index in [1.807, 2.05) is 6.07 Å². The number of fused-ring (bicyclic) bond motifs is 3. The van der Waals surface area contributed by atoms with Crippen molar-refractivity contribution in [2.75, 3.05) is 13.1 Å². The molecule has 1 aromatic carbocycles. The molecule has 0 bridgehead atoms. The number of hydrogen-bond donors (Lipinski definition) is 1. The Balaban J connectivity index is 2.09. The van der Waals surface area contributed by atoms with Gasteiger partial charge in [-0.2, -0.15) is 13.2 Å². The zero-order valence-corrected chi connectivity index (χ0v) is 11.8. The van der Waals surface area contributed by atoms with E-state index in [2.05, 4.69) is 5.32 Å². The zero-order chi connectivity index (χ0) is 15.5. The summed E-state index contributed by atoms with van der Waals surface area (Å²) in [6.07, 6.45) is -3.65. The lowest BCUT2D eigenvalue weighted by Crippen LogP contribution is -2.33. The van der Waals surface area contributed by atoms with Crippen molar-refractivity contribution >= 4 is 16.7 Å². The van der Waals surface area contributed by atoms with Crippen molar-refractivity contribution in [1.82, 2.24) is 9.88 Å². The predicted octanol–water partition coefficient (Wildman–Crippen LogP) is 3.02. The first kappa shape index (κ1) is 13.8. The molecule has 6 heteroatoms. The van der Waals surface area contributed by atoms with Crippen LogP contribution < -0.4 is 5.32 Å². The highest BCUT2D eigenvalue weighted by Gasteiger charge is 2.47. The minimum Gasteiger partial charge on any atom is -0.331 e. The molecule has 1 atom stereocenters. The number of ketones is 1. The first-order valence-electron chi connectivity index (χ1n) is 7.44. The van der Waals surface area contributed by atoms with Crippen molar-refractivity contribution in [3.05, 3.63) is 35.0 Å². The number of rotatable bonds is 0. The Hall–Kier alpha value is -1.82. The van der Waals surface area contributed by atoms with Gasteiger partial charge in [0, 0.05) is 36.0 Å². The Kier molecular flexibility index (Phi) is 2.88. The molecule has 1 aromatic heterocycles. The molecule has 0 fully saturated rings. The third-order valence-electron chi connectivity index (χ3n) is 4.70. The van der Waals surface area contributed by atoms with Gasteiger partial charge in [-0.3, -0.25) is 4.79 Å². The van der Waals surface area contributed by atoms with Gasteiger partial charge in [-0.05, 0) is 24.6 Å². The van der Waals surface area contributed by atoms with Crippen LogP contribution in [0.15, 0.2) is 18.2 Å². The van der Waals surface area contributed by atoms with E-state index in [0.29, 0.717) is 30.5 Å². The van der Waals surface area contributed by atoms with Gasteiger partial charge < -0.3 is 9.88 Å². The molecule has 0 radical (unpaired) electrons. The summed E-state index contributed by atoms with van der Waals surface area (Å²) in [6.45, 7) is 1.41. The van der Waals surface area contributed by atoms with Crippen LogP contribution in [0.1, 0.15) is 34.1 Å². The minimum absolute atomic E-state index is 0.411. The van der Waals surface area contributed by atoms with E-state index in [1.165, 1.54) is 4.57 Å². The smallest absolute Gasteiger partial charge is 0.331 e. The Morgan fingerprint density at radius 1 is 1.18 bits per heavy atom. The van der Waals surface area contributed by atoms with Crippen LogP contribution in [0.25, 0.3) is 10.9 Å². The van der Waals surface area contributed by atoms with Crippen LogP contribution in [0.5, 0.6) is 0 Å². The number of para-hydroxylation sites is 1. The summed E-state index contributed by atoms with van der Waals surface area (Å²) in [5, 5.41) is 4.03. The topological polar surface area (TPSA) is 34.0 Å². The van der Waals surface area contributed by atoms with Gasteiger partial charge in [0.1, 0.15) is 6.04 Å². The summed E-state index contributed by atoms with van der Waals surface area (Å²) >= 11 is 0. The van der Waals surface area contributed by atoms with Gasteiger partial charge in [-0.25, -0.2) is 0 Å². The second-order valence-electron chi connectivity index (χ2n) is 5.93. The van der Waals surface area contributed by atoms with Crippen molar-refractivity contribution in [2.45, 2.75) is 31.5 Å². The number of nitrogens with one attached hydrogen (secondary N) is 1. The third kappa shape index (κ3) is 1.83. The van der Waals surface area contributed by atoms with Crippen LogP contribution in [0.3, 0.4) is 0 Å². The number of hydrogen-bond acceptors (Lipinski definition) is 2. The molecule has 0 spiro atoms. The fourth-order valence-electron chi connectivity index (χ4n) is 3.79. The number of halogens is 3. The van der Waals surface area contributed by atoms with Gasteiger partial charge in [-0.1, -0.05) is 12.1 Å². The highest BCUT2D eigenvalue weighted by molar-refractivity contribution is 6.10. The summed E-state index contributed by atoms with van der Waals surface area (Å²) < 4.78 is 41.9. The summed E-state index contributed by atoms with van der Waals surface area (Å²) in [5.41, 5.74) is 2.61. The average Bonchev–Trinajstić information content (AvgIpc) is 2.62. The van der Waals surface area contributed by atoms with Crippen molar-refractivity contribution < 1.29 is 18.0 Å². The van der Waals surface area contributed by atoms with E-state index in [4.69, 9.17) is 0 Å². The number of Topliss-reactive ketones (excluding diaryl/α,β-unsaturated/α-hetero) is 1. The summed E-state index contributed by atoms with van der Waals surface area (Å²) in [6, 6.07) is 3.52. The minimum atomic E-state index is -4.41. The first-order chi connectivity index (χ1) is 10.5. The van der Waals surface area contributed by atoms with Crippen LogP contribution in [0.4, 0.5) is 13.2 Å². The Morgan fingerprint density at radius 3 is 2.73 bits per heavy atom. The van der Waals surface area contributed by atoms with Gasteiger partial charge >= 0.3 is 6.18 Å². The highest BCUT2D eigenvalue weighted by Crippen LogP contribution is 2.44. The van der Waals surface area contributed by atoms with Gasteiger partial charge in [0.2, 0.25) is 0 Å². The molecule has 3 nitrogen and oxygen atoms in total. The molecule has 3 heterocycles. The molecule has 2 aliphatic rings. The molecule has 2 aliphatic heterocycles. The lowest BCUT2D eigenvalue weighted by molar-refractivity contribution is -0.166. The quantitative estimate of drug-likeness (QED) is 0.812. The highest BCUT2D eigenvalue weighted by atomic mass is 19.4. The van der Waals surface area contributed by atoms with Crippen LogP contribution in [0, 0.1) is 0 Å². The van der Waals surface area contributed by atoms with E-state index >= 15 is 0 Å². The van der Waals surface area contributed by atoms with Crippen molar-refractivity contribution in [3.8, 4) is 0 Å². The SMILES string of the molecule is O=C1CC(C(F)(F)F)n2c3c(c4cccc1c42)CCNCC3. The van der Waals surface area contributed by atoms with E-state index in [9.17, 15) is 18.0 Å². The van der Waals surface area contributed by atoms with Crippen LogP contribution >= 0.6 is 0 Å². The maximum absolute atomic E-state index is 13.5. The number of aromatic nitrogens is 1. The lowest BCUT2D eigenvalue weighted by Gasteiger charge is -2.29. The summed E-state index contributed by atoms with van der Waals surface area (Å²) in [5.74, 6) is -0.411. The second kappa shape index (κ2) is 4.59. The Labute approximate surface area is 125 Å². The third-order valence-corrected chi connectivity index (χ3v) is 4.70. The number of carbonyl (C=O) groups is 1. The lowest BCUT2D eigenvalue weighted by atomic mass is 9.96. The molecule has 1 unspecified atom stereocenters. The van der Waals surface area contributed by atoms with Gasteiger partial charge in [0.05, 0.1) is 5.52 Å². The van der Waals surface area contributed by atoms with E-state index in [-0.39, 0.29) is 0 Å². The number of benzene rings is 1.